The molecule has 4 aromatic rings. The molecule has 4 nitrogen and oxygen atoms in total. The summed E-state index contributed by atoms with van der Waals surface area (Å²) in [4.78, 5) is 0. The van der Waals surface area contributed by atoms with E-state index in [9.17, 15) is 0 Å². The van der Waals surface area contributed by atoms with Crippen LogP contribution >= 0.6 is 0 Å². The Morgan fingerprint density at radius 3 is 2.29 bits per heavy atom. The Hall–Kier alpha value is -3.14. The molecule has 0 bridgehead atoms. The van der Waals surface area contributed by atoms with Gasteiger partial charge in [-0.3, -0.25) is 0 Å². The quantitative estimate of drug-likeness (QED) is 0.545. The molecule has 0 saturated carbocycles. The number of benzene rings is 2. The number of rotatable bonds is 3. The van der Waals surface area contributed by atoms with E-state index in [1.165, 1.54) is 0 Å². The fourth-order valence-electron chi connectivity index (χ4n) is 2.73. The van der Waals surface area contributed by atoms with Gasteiger partial charge in [-0.25, -0.2) is 4.68 Å². The van der Waals surface area contributed by atoms with Crippen LogP contribution in [0.25, 0.3) is 28.1 Å². The van der Waals surface area contributed by atoms with Crippen molar-refractivity contribution in [2.75, 3.05) is 0 Å². The third-order valence-corrected chi connectivity index (χ3v) is 3.97. The minimum atomic E-state index is 0.814. The molecule has 0 saturated heterocycles. The lowest BCUT2D eigenvalue weighted by atomic mass is 10.0. The van der Waals surface area contributed by atoms with Gasteiger partial charge in [0.1, 0.15) is 11.5 Å². The van der Waals surface area contributed by atoms with E-state index < -0.39 is 0 Å². The lowest BCUT2D eigenvalue weighted by molar-refractivity contribution is 0.399. The normalized spacial score (nSPS) is 10.9. The second kappa shape index (κ2) is 5.81. The summed E-state index contributed by atoms with van der Waals surface area (Å²) in [5, 5.41) is 8.53. The Labute approximate surface area is 140 Å². The number of aromatic nitrogens is 3. The van der Waals surface area contributed by atoms with Gasteiger partial charge in [-0.15, -0.1) is 0 Å². The van der Waals surface area contributed by atoms with Crippen LogP contribution in [0.15, 0.2) is 71.4 Å². The zero-order valence-corrected chi connectivity index (χ0v) is 13.6. The molecule has 0 N–H and O–H groups in total. The van der Waals surface area contributed by atoms with Crippen molar-refractivity contribution in [1.82, 2.24) is 14.9 Å². The monoisotopic (exact) mass is 315 g/mol. The standard InChI is InChI=1S/C20H17N3O/c1-14-10-11-23(21-14)19-8-6-16(7-9-19)17-4-3-5-18(13-17)20-12-15(2)24-22-20/h3-13H,1-2H3. The minimum absolute atomic E-state index is 0.814. The van der Waals surface area contributed by atoms with Gasteiger partial charge in [0.25, 0.3) is 0 Å². The van der Waals surface area contributed by atoms with E-state index in [4.69, 9.17) is 4.52 Å². The molecule has 4 rings (SSSR count). The topological polar surface area (TPSA) is 43.9 Å². The van der Waals surface area contributed by atoms with Crippen molar-refractivity contribution in [2.24, 2.45) is 0 Å². The van der Waals surface area contributed by atoms with Gasteiger partial charge in [0.2, 0.25) is 0 Å². The molecule has 0 aliphatic heterocycles. The number of nitrogens with zero attached hydrogens (tertiary/aromatic N) is 3. The van der Waals surface area contributed by atoms with Crippen molar-refractivity contribution in [1.29, 1.82) is 0 Å². The lowest BCUT2D eigenvalue weighted by Gasteiger charge is -2.06. The Morgan fingerprint density at radius 1 is 0.833 bits per heavy atom. The van der Waals surface area contributed by atoms with E-state index in [2.05, 4.69) is 46.7 Å². The summed E-state index contributed by atoms with van der Waals surface area (Å²) in [7, 11) is 0. The summed E-state index contributed by atoms with van der Waals surface area (Å²) >= 11 is 0. The molecule has 2 aromatic carbocycles. The summed E-state index contributed by atoms with van der Waals surface area (Å²) in [6, 6.07) is 20.6. The molecular formula is C20H17N3O. The molecule has 0 radical (unpaired) electrons. The molecule has 0 amide bonds. The molecule has 24 heavy (non-hydrogen) atoms. The average molecular weight is 315 g/mol. The summed E-state index contributed by atoms with van der Waals surface area (Å²) in [6.45, 7) is 3.89. The van der Waals surface area contributed by atoms with Crippen LogP contribution in [0, 0.1) is 13.8 Å². The molecule has 0 spiro atoms. The summed E-state index contributed by atoms with van der Waals surface area (Å²) in [5.41, 5.74) is 6.28. The second-order valence-corrected chi connectivity index (χ2v) is 5.85. The van der Waals surface area contributed by atoms with Crippen LogP contribution in [0.5, 0.6) is 0 Å². The predicted octanol–water partition coefficient (Wildman–Crippen LogP) is 4.81. The Bertz CT molecular complexity index is 980. The summed E-state index contributed by atoms with van der Waals surface area (Å²) in [6.07, 6.45) is 1.97. The fourth-order valence-corrected chi connectivity index (χ4v) is 2.73. The van der Waals surface area contributed by atoms with Crippen LogP contribution in [0.1, 0.15) is 11.5 Å². The Morgan fingerprint density at radius 2 is 1.62 bits per heavy atom. The molecule has 0 fully saturated rings. The maximum atomic E-state index is 5.17. The van der Waals surface area contributed by atoms with Gasteiger partial charge >= 0.3 is 0 Å². The SMILES string of the molecule is Cc1ccn(-c2ccc(-c3cccc(-c4cc(C)on4)c3)cc2)n1. The first kappa shape index (κ1) is 14.5. The molecule has 0 unspecified atom stereocenters. The number of hydrogen-bond acceptors (Lipinski definition) is 3. The number of aryl methyl sites for hydroxylation is 2. The summed E-state index contributed by atoms with van der Waals surface area (Å²) in [5.74, 6) is 0.814. The van der Waals surface area contributed by atoms with Crippen molar-refractivity contribution in [2.45, 2.75) is 13.8 Å². The second-order valence-electron chi connectivity index (χ2n) is 5.85. The molecule has 118 valence electrons. The zero-order chi connectivity index (χ0) is 16.5. The highest BCUT2D eigenvalue weighted by Crippen LogP contribution is 2.26. The summed E-state index contributed by atoms with van der Waals surface area (Å²) < 4.78 is 7.05. The van der Waals surface area contributed by atoms with E-state index >= 15 is 0 Å². The van der Waals surface area contributed by atoms with Crippen LogP contribution in [0.2, 0.25) is 0 Å². The maximum absolute atomic E-state index is 5.17. The maximum Gasteiger partial charge on any atom is 0.134 e. The van der Waals surface area contributed by atoms with Crippen LogP contribution < -0.4 is 0 Å². The predicted molar refractivity (Wildman–Crippen MR) is 94.0 cm³/mol. The van der Waals surface area contributed by atoms with Crippen LogP contribution in [0.3, 0.4) is 0 Å². The van der Waals surface area contributed by atoms with Crippen molar-refractivity contribution in [3.63, 3.8) is 0 Å². The highest BCUT2D eigenvalue weighted by molar-refractivity contribution is 5.71. The first-order valence-electron chi connectivity index (χ1n) is 7.86. The molecule has 0 atom stereocenters. The smallest absolute Gasteiger partial charge is 0.134 e. The van der Waals surface area contributed by atoms with Gasteiger partial charge in [-0.2, -0.15) is 5.10 Å². The van der Waals surface area contributed by atoms with E-state index in [0.29, 0.717) is 0 Å². The minimum Gasteiger partial charge on any atom is -0.361 e. The van der Waals surface area contributed by atoms with Crippen molar-refractivity contribution >= 4 is 0 Å². The van der Waals surface area contributed by atoms with Crippen LogP contribution in [0.4, 0.5) is 0 Å². The van der Waals surface area contributed by atoms with Gasteiger partial charge in [-0.05, 0) is 49.2 Å². The van der Waals surface area contributed by atoms with E-state index in [1.54, 1.807) is 0 Å². The van der Waals surface area contributed by atoms with Gasteiger partial charge in [0, 0.05) is 17.8 Å². The van der Waals surface area contributed by atoms with Gasteiger partial charge in [0.15, 0.2) is 0 Å². The number of hydrogen-bond donors (Lipinski definition) is 0. The zero-order valence-electron chi connectivity index (χ0n) is 13.6. The highest BCUT2D eigenvalue weighted by atomic mass is 16.5. The van der Waals surface area contributed by atoms with Crippen molar-refractivity contribution in [3.8, 4) is 28.1 Å². The van der Waals surface area contributed by atoms with Crippen molar-refractivity contribution in [3.05, 3.63) is 78.3 Å². The molecular weight excluding hydrogens is 298 g/mol. The van der Waals surface area contributed by atoms with E-state index in [-0.39, 0.29) is 0 Å². The molecule has 0 aliphatic rings. The first-order valence-corrected chi connectivity index (χ1v) is 7.86. The molecule has 2 heterocycles. The van der Waals surface area contributed by atoms with Gasteiger partial charge in [-0.1, -0.05) is 35.5 Å². The van der Waals surface area contributed by atoms with Gasteiger partial charge in [0.05, 0.1) is 11.4 Å². The van der Waals surface area contributed by atoms with Crippen LogP contribution in [-0.2, 0) is 0 Å². The molecule has 2 aromatic heterocycles. The molecule has 0 aliphatic carbocycles. The first-order chi connectivity index (χ1) is 11.7. The van der Waals surface area contributed by atoms with E-state index in [0.717, 1.165) is 39.5 Å². The Balaban J connectivity index is 1.66. The Kier molecular flexibility index (Phi) is 3.50. The average Bonchev–Trinajstić information content (AvgIpc) is 3.24. The molecule has 4 heteroatoms. The van der Waals surface area contributed by atoms with Gasteiger partial charge < -0.3 is 4.52 Å². The van der Waals surface area contributed by atoms with E-state index in [1.807, 2.05) is 49.0 Å². The highest BCUT2D eigenvalue weighted by Gasteiger charge is 2.06. The fraction of sp³-hybridized carbons (Fsp3) is 0.100. The van der Waals surface area contributed by atoms with Crippen LogP contribution in [-0.4, -0.2) is 14.9 Å². The van der Waals surface area contributed by atoms with Crippen molar-refractivity contribution < 1.29 is 4.52 Å². The third kappa shape index (κ3) is 2.74. The largest absolute Gasteiger partial charge is 0.361 e. The third-order valence-electron chi connectivity index (χ3n) is 3.97. The lowest BCUT2D eigenvalue weighted by Crippen LogP contribution is -1.94.